The lowest BCUT2D eigenvalue weighted by molar-refractivity contribution is -0.119. The molecule has 6 nitrogen and oxygen atoms in total. The second-order valence-corrected chi connectivity index (χ2v) is 4.83. The van der Waals surface area contributed by atoms with Crippen molar-refractivity contribution in [3.8, 4) is 11.5 Å². The molecule has 0 saturated carbocycles. The molecule has 1 heterocycles. The van der Waals surface area contributed by atoms with Crippen LogP contribution in [0.25, 0.3) is 0 Å². The lowest BCUT2D eigenvalue weighted by atomic mass is 10.00. The van der Waals surface area contributed by atoms with Gasteiger partial charge in [-0.15, -0.1) is 0 Å². The predicted molar refractivity (Wildman–Crippen MR) is 74.6 cm³/mol. The van der Waals surface area contributed by atoms with E-state index in [1.165, 1.54) is 12.1 Å². The lowest BCUT2D eigenvalue weighted by Crippen LogP contribution is -2.22. The largest absolute Gasteiger partial charge is 0.504 e. The highest BCUT2D eigenvalue weighted by molar-refractivity contribution is 5.92. The maximum absolute atomic E-state index is 12.1. The lowest BCUT2D eigenvalue weighted by Gasteiger charge is -2.12. The normalized spacial score (nSPS) is 12.1. The molecule has 0 aliphatic heterocycles. The first kappa shape index (κ1) is 13.9. The first-order chi connectivity index (χ1) is 9.47. The number of rotatable bonds is 4. The first-order valence-corrected chi connectivity index (χ1v) is 6.29. The van der Waals surface area contributed by atoms with Crippen molar-refractivity contribution in [1.29, 1.82) is 0 Å². The fourth-order valence-electron chi connectivity index (χ4n) is 1.87. The van der Waals surface area contributed by atoms with Crippen molar-refractivity contribution in [3.05, 3.63) is 35.7 Å². The minimum Gasteiger partial charge on any atom is -0.504 e. The van der Waals surface area contributed by atoms with Gasteiger partial charge in [-0.2, -0.15) is 5.10 Å². The Labute approximate surface area is 116 Å². The molecule has 6 heteroatoms. The van der Waals surface area contributed by atoms with Crippen molar-refractivity contribution in [2.45, 2.75) is 20.3 Å². The van der Waals surface area contributed by atoms with Gasteiger partial charge in [0.25, 0.3) is 0 Å². The third kappa shape index (κ3) is 3.09. The molecule has 1 amide bonds. The number of nitrogens with zero attached hydrogens (tertiary/aromatic N) is 1. The number of phenolic OH excluding ortho intramolecular Hbond substituents is 2. The second-order valence-electron chi connectivity index (χ2n) is 4.83. The quantitative estimate of drug-likeness (QED) is 0.641. The second kappa shape index (κ2) is 5.64. The fourth-order valence-corrected chi connectivity index (χ4v) is 1.87. The summed E-state index contributed by atoms with van der Waals surface area (Å²) in [5.74, 6) is -0.740. The van der Waals surface area contributed by atoms with Gasteiger partial charge in [0.05, 0.1) is 17.6 Å². The Hall–Kier alpha value is -2.50. The standard InChI is InChI=1S/C14H17N3O3/c1-8(5-10-3-4-12(18)13(19)6-10)14(20)16-11-7-15-17-9(11)2/h3-4,6-8,18-19H,5H2,1-2H3,(H,15,17)(H,16,20). The van der Waals surface area contributed by atoms with E-state index in [9.17, 15) is 15.0 Å². The zero-order valence-corrected chi connectivity index (χ0v) is 11.3. The average molecular weight is 275 g/mol. The highest BCUT2D eigenvalue weighted by Gasteiger charge is 2.16. The number of hydrogen-bond acceptors (Lipinski definition) is 4. The molecule has 20 heavy (non-hydrogen) atoms. The summed E-state index contributed by atoms with van der Waals surface area (Å²) in [4.78, 5) is 12.1. The first-order valence-electron chi connectivity index (χ1n) is 6.29. The zero-order chi connectivity index (χ0) is 14.7. The van der Waals surface area contributed by atoms with Crippen LogP contribution in [0, 0.1) is 12.8 Å². The van der Waals surface area contributed by atoms with Gasteiger partial charge in [0, 0.05) is 5.92 Å². The Balaban J connectivity index is 2.00. The van der Waals surface area contributed by atoms with E-state index in [0.29, 0.717) is 12.1 Å². The molecular formula is C14H17N3O3. The van der Waals surface area contributed by atoms with Crippen molar-refractivity contribution in [2.24, 2.45) is 5.92 Å². The third-order valence-corrected chi connectivity index (χ3v) is 3.12. The van der Waals surface area contributed by atoms with Crippen LogP contribution >= 0.6 is 0 Å². The zero-order valence-electron chi connectivity index (χ0n) is 11.3. The number of H-pyrrole nitrogens is 1. The Bertz CT molecular complexity index is 622. The fraction of sp³-hybridized carbons (Fsp3) is 0.286. The number of aromatic hydroxyl groups is 2. The van der Waals surface area contributed by atoms with Crippen molar-refractivity contribution < 1.29 is 15.0 Å². The summed E-state index contributed by atoms with van der Waals surface area (Å²) in [7, 11) is 0. The number of nitrogens with one attached hydrogen (secondary N) is 2. The molecule has 0 aliphatic rings. The van der Waals surface area contributed by atoms with Gasteiger partial charge in [-0.05, 0) is 31.0 Å². The van der Waals surface area contributed by atoms with Crippen molar-refractivity contribution in [1.82, 2.24) is 10.2 Å². The van der Waals surface area contributed by atoms with Gasteiger partial charge in [-0.1, -0.05) is 13.0 Å². The van der Waals surface area contributed by atoms with Gasteiger partial charge in [-0.3, -0.25) is 9.89 Å². The van der Waals surface area contributed by atoms with Crippen LogP contribution in [0.3, 0.4) is 0 Å². The van der Waals surface area contributed by atoms with Crippen LogP contribution in [0.2, 0.25) is 0 Å². The molecule has 2 aromatic rings. The molecule has 1 aromatic carbocycles. The van der Waals surface area contributed by atoms with Gasteiger partial charge in [0.15, 0.2) is 11.5 Å². The minimum atomic E-state index is -0.270. The van der Waals surface area contributed by atoms with Gasteiger partial charge in [0.1, 0.15) is 0 Å². The maximum Gasteiger partial charge on any atom is 0.227 e. The SMILES string of the molecule is Cc1[nH]ncc1NC(=O)C(C)Cc1ccc(O)c(O)c1. The summed E-state index contributed by atoms with van der Waals surface area (Å²) in [5.41, 5.74) is 2.25. The average Bonchev–Trinajstić information content (AvgIpc) is 2.79. The molecule has 1 aromatic heterocycles. The number of anilines is 1. The molecule has 1 atom stereocenters. The summed E-state index contributed by atoms with van der Waals surface area (Å²) in [6, 6.07) is 4.56. The number of phenols is 2. The Morgan fingerprint density at radius 3 is 2.75 bits per heavy atom. The van der Waals surface area contributed by atoms with Crippen LogP contribution < -0.4 is 5.32 Å². The number of amides is 1. The Kier molecular flexibility index (Phi) is 3.93. The monoisotopic (exact) mass is 275 g/mol. The molecule has 0 fully saturated rings. The molecule has 1 unspecified atom stereocenters. The van der Waals surface area contributed by atoms with Crippen LogP contribution in [0.4, 0.5) is 5.69 Å². The molecule has 0 saturated heterocycles. The Morgan fingerprint density at radius 1 is 1.40 bits per heavy atom. The number of hydrogen-bond donors (Lipinski definition) is 4. The van der Waals surface area contributed by atoms with E-state index in [-0.39, 0.29) is 23.3 Å². The van der Waals surface area contributed by atoms with Crippen molar-refractivity contribution >= 4 is 11.6 Å². The predicted octanol–water partition coefficient (Wildman–Crippen LogP) is 1.95. The number of aromatic amines is 1. The molecule has 0 spiro atoms. The van der Waals surface area contributed by atoms with E-state index >= 15 is 0 Å². The number of aryl methyl sites for hydroxylation is 1. The summed E-state index contributed by atoms with van der Waals surface area (Å²) in [6.07, 6.45) is 2.03. The van der Waals surface area contributed by atoms with Gasteiger partial charge in [-0.25, -0.2) is 0 Å². The van der Waals surface area contributed by atoms with Crippen LogP contribution in [-0.4, -0.2) is 26.3 Å². The third-order valence-electron chi connectivity index (χ3n) is 3.12. The van der Waals surface area contributed by atoms with Crippen LogP contribution in [0.1, 0.15) is 18.2 Å². The van der Waals surface area contributed by atoms with Crippen LogP contribution in [0.15, 0.2) is 24.4 Å². The van der Waals surface area contributed by atoms with Crippen molar-refractivity contribution in [3.63, 3.8) is 0 Å². The summed E-state index contributed by atoms with van der Waals surface area (Å²) < 4.78 is 0. The summed E-state index contributed by atoms with van der Waals surface area (Å²) in [5, 5.41) is 28.1. The van der Waals surface area contributed by atoms with Gasteiger partial charge >= 0.3 is 0 Å². The van der Waals surface area contributed by atoms with E-state index in [0.717, 1.165) is 11.3 Å². The molecule has 0 bridgehead atoms. The molecule has 106 valence electrons. The maximum atomic E-state index is 12.1. The topological polar surface area (TPSA) is 98.2 Å². The highest BCUT2D eigenvalue weighted by atomic mass is 16.3. The molecular weight excluding hydrogens is 258 g/mol. The summed E-state index contributed by atoms with van der Waals surface area (Å²) in [6.45, 7) is 3.62. The summed E-state index contributed by atoms with van der Waals surface area (Å²) >= 11 is 0. The number of benzene rings is 1. The molecule has 4 N–H and O–H groups in total. The Morgan fingerprint density at radius 2 is 2.15 bits per heavy atom. The van der Waals surface area contributed by atoms with E-state index in [1.54, 1.807) is 19.2 Å². The number of carbonyl (C=O) groups excluding carboxylic acids is 1. The van der Waals surface area contributed by atoms with Crippen LogP contribution in [-0.2, 0) is 11.2 Å². The smallest absolute Gasteiger partial charge is 0.227 e. The molecule has 2 rings (SSSR count). The van der Waals surface area contributed by atoms with E-state index in [1.807, 2.05) is 6.92 Å². The number of aromatic nitrogens is 2. The minimum absolute atomic E-state index is 0.123. The van der Waals surface area contributed by atoms with Crippen molar-refractivity contribution in [2.75, 3.05) is 5.32 Å². The molecule has 0 aliphatic carbocycles. The van der Waals surface area contributed by atoms with Gasteiger partial charge < -0.3 is 15.5 Å². The van der Waals surface area contributed by atoms with Gasteiger partial charge in [0.2, 0.25) is 5.91 Å². The molecule has 0 radical (unpaired) electrons. The number of carbonyl (C=O) groups is 1. The highest BCUT2D eigenvalue weighted by Crippen LogP contribution is 2.26. The van der Waals surface area contributed by atoms with E-state index < -0.39 is 0 Å². The van der Waals surface area contributed by atoms with E-state index in [4.69, 9.17) is 0 Å². The van der Waals surface area contributed by atoms with Crippen LogP contribution in [0.5, 0.6) is 11.5 Å². The van der Waals surface area contributed by atoms with E-state index in [2.05, 4.69) is 15.5 Å².